The van der Waals surface area contributed by atoms with Crippen molar-refractivity contribution in [2.45, 2.75) is 6.92 Å². The van der Waals surface area contributed by atoms with Crippen molar-refractivity contribution in [1.82, 2.24) is 4.98 Å². The van der Waals surface area contributed by atoms with Crippen molar-refractivity contribution in [2.24, 2.45) is 0 Å². The number of quaternary nitrogens is 1. The van der Waals surface area contributed by atoms with Crippen molar-refractivity contribution < 1.29 is 20.6 Å². The van der Waals surface area contributed by atoms with Crippen molar-refractivity contribution in [2.75, 3.05) is 6.54 Å². The standard InChI is InChI=1S/C16H18N3O2/c1-13(7-2-4-11-17-20)14-8-6-9-15(18-14)16-10-3-5-12-19(16)21/h2-10,12,17,20-21H,11H2,1H3/q+1/p+1. The molecular weight excluding hydrogens is 266 g/mol. The smallest absolute Gasteiger partial charge is 0.282 e. The summed E-state index contributed by atoms with van der Waals surface area (Å²) in [6.07, 6.45) is 7.24. The molecule has 0 atom stereocenters. The van der Waals surface area contributed by atoms with Gasteiger partial charge in [0.25, 0.3) is 5.69 Å². The summed E-state index contributed by atoms with van der Waals surface area (Å²) in [5, 5.41) is 18.4. The molecule has 21 heavy (non-hydrogen) atoms. The average Bonchev–Trinajstić information content (AvgIpc) is 2.52. The first-order chi connectivity index (χ1) is 10.2. The van der Waals surface area contributed by atoms with Gasteiger partial charge in [0.05, 0.1) is 5.69 Å². The number of nitrogens with zero attached hydrogens (tertiary/aromatic N) is 2. The second kappa shape index (κ2) is 7.33. The average molecular weight is 285 g/mol. The van der Waals surface area contributed by atoms with Gasteiger partial charge >= 0.3 is 0 Å². The Morgan fingerprint density at radius 2 is 2.14 bits per heavy atom. The van der Waals surface area contributed by atoms with E-state index in [0.717, 1.165) is 21.5 Å². The van der Waals surface area contributed by atoms with E-state index in [0.29, 0.717) is 17.9 Å². The predicted octanol–water partition coefficient (Wildman–Crippen LogP) is 1.19. The molecule has 108 valence electrons. The Labute approximate surface area is 123 Å². The highest BCUT2D eigenvalue weighted by Gasteiger charge is 2.13. The van der Waals surface area contributed by atoms with Crippen LogP contribution in [0.1, 0.15) is 12.6 Å². The molecule has 2 aromatic rings. The van der Waals surface area contributed by atoms with Crippen LogP contribution in [0, 0.1) is 0 Å². The Morgan fingerprint density at radius 3 is 2.90 bits per heavy atom. The molecule has 2 heterocycles. The third-order valence-corrected chi connectivity index (χ3v) is 2.98. The summed E-state index contributed by atoms with van der Waals surface area (Å²) in [4.78, 5) is 4.56. The number of aromatic nitrogens is 2. The number of hydrogen-bond acceptors (Lipinski definition) is 3. The lowest BCUT2D eigenvalue weighted by Crippen LogP contribution is -2.80. The van der Waals surface area contributed by atoms with Crippen LogP contribution in [0.15, 0.2) is 60.8 Å². The molecule has 0 saturated heterocycles. The van der Waals surface area contributed by atoms with Crippen molar-refractivity contribution in [3.63, 3.8) is 0 Å². The molecular formula is C16H19N3O2+2. The van der Waals surface area contributed by atoms with E-state index in [9.17, 15) is 5.21 Å². The van der Waals surface area contributed by atoms with E-state index < -0.39 is 0 Å². The third-order valence-electron chi connectivity index (χ3n) is 2.98. The molecule has 0 saturated carbocycles. The summed E-state index contributed by atoms with van der Waals surface area (Å²) >= 11 is 0. The van der Waals surface area contributed by atoms with E-state index in [-0.39, 0.29) is 0 Å². The molecule has 0 unspecified atom stereocenters. The van der Waals surface area contributed by atoms with Gasteiger partial charge in [-0.25, -0.2) is 15.7 Å². The van der Waals surface area contributed by atoms with Gasteiger partial charge in [-0.1, -0.05) is 18.2 Å². The zero-order valence-electron chi connectivity index (χ0n) is 11.8. The van der Waals surface area contributed by atoms with Crippen molar-refractivity contribution in [1.29, 1.82) is 0 Å². The maximum absolute atomic E-state index is 9.82. The number of allylic oxidation sites excluding steroid dienone is 3. The maximum Gasteiger partial charge on any atom is 0.282 e. The molecule has 0 amide bonds. The maximum atomic E-state index is 9.82. The van der Waals surface area contributed by atoms with Crippen molar-refractivity contribution in [3.05, 3.63) is 66.5 Å². The fraction of sp³-hybridized carbons (Fsp3) is 0.125. The van der Waals surface area contributed by atoms with Crippen molar-refractivity contribution >= 4 is 5.57 Å². The van der Waals surface area contributed by atoms with Crippen molar-refractivity contribution in [3.8, 4) is 11.4 Å². The van der Waals surface area contributed by atoms with Crippen LogP contribution in [0.4, 0.5) is 0 Å². The second-order valence-corrected chi connectivity index (χ2v) is 4.53. The Bertz CT molecular complexity index is 666. The Hall–Kier alpha value is -2.50. The number of rotatable bonds is 5. The molecule has 0 aromatic carbocycles. The summed E-state index contributed by atoms with van der Waals surface area (Å²) in [5.41, 5.74) is 4.29. The molecule has 0 aliphatic heterocycles. The van der Waals surface area contributed by atoms with Crippen LogP contribution in [0.2, 0.25) is 0 Å². The Balaban J connectivity index is 2.28. The molecule has 0 radical (unpaired) electrons. The Morgan fingerprint density at radius 1 is 1.29 bits per heavy atom. The van der Waals surface area contributed by atoms with Gasteiger partial charge < -0.3 is 0 Å². The first kappa shape index (κ1) is 14.9. The van der Waals surface area contributed by atoms with Gasteiger partial charge in [-0.3, -0.25) is 5.21 Å². The summed E-state index contributed by atoms with van der Waals surface area (Å²) < 4.78 is 1.06. The summed E-state index contributed by atoms with van der Waals surface area (Å²) in [5.74, 6) is 0. The van der Waals surface area contributed by atoms with Gasteiger partial charge in [-0.15, -0.1) is 0 Å². The lowest BCUT2D eigenvalue weighted by atomic mass is 10.1. The highest BCUT2D eigenvalue weighted by atomic mass is 16.5. The number of nitrogens with two attached hydrogens (primary N) is 1. The van der Waals surface area contributed by atoms with Crippen LogP contribution < -0.4 is 10.2 Å². The fourth-order valence-electron chi connectivity index (χ4n) is 1.87. The van der Waals surface area contributed by atoms with E-state index in [1.54, 1.807) is 12.3 Å². The molecule has 0 aliphatic carbocycles. The minimum absolute atomic E-state index is 0.520. The molecule has 0 fully saturated rings. The predicted molar refractivity (Wildman–Crippen MR) is 78.4 cm³/mol. The molecule has 2 aromatic heterocycles. The van der Waals surface area contributed by atoms with Crippen LogP contribution in [0.5, 0.6) is 0 Å². The number of pyridine rings is 2. The highest BCUT2D eigenvalue weighted by molar-refractivity contribution is 5.64. The quantitative estimate of drug-likeness (QED) is 0.334. The van der Waals surface area contributed by atoms with E-state index in [1.165, 1.54) is 0 Å². The van der Waals surface area contributed by atoms with Crippen LogP contribution in [0.3, 0.4) is 0 Å². The number of hydroxylamine groups is 1. The topological polar surface area (TPSA) is 73.8 Å². The first-order valence-electron chi connectivity index (χ1n) is 6.69. The lowest BCUT2D eigenvalue weighted by molar-refractivity contribution is -0.896. The molecule has 4 N–H and O–H groups in total. The minimum Gasteiger partial charge on any atom is -0.284 e. The molecule has 2 rings (SSSR count). The summed E-state index contributed by atoms with van der Waals surface area (Å²) in [6, 6.07) is 11.1. The van der Waals surface area contributed by atoms with Gasteiger partial charge in [-0.05, 0) is 36.8 Å². The van der Waals surface area contributed by atoms with Crippen LogP contribution in [-0.4, -0.2) is 21.9 Å². The molecule has 0 bridgehead atoms. The summed E-state index contributed by atoms with van der Waals surface area (Å²) in [6.45, 7) is 2.49. The highest BCUT2D eigenvalue weighted by Crippen LogP contribution is 2.17. The lowest BCUT2D eigenvalue weighted by Gasteiger charge is -2.02. The van der Waals surface area contributed by atoms with Crippen LogP contribution in [0.25, 0.3) is 17.0 Å². The zero-order chi connectivity index (χ0) is 15.1. The molecule has 0 spiro atoms. The molecule has 5 heteroatoms. The normalized spacial score (nSPS) is 12.0. The molecule has 5 nitrogen and oxygen atoms in total. The third kappa shape index (κ3) is 3.98. The largest absolute Gasteiger partial charge is 0.284 e. The van der Waals surface area contributed by atoms with Crippen LogP contribution >= 0.6 is 0 Å². The van der Waals surface area contributed by atoms with Gasteiger partial charge in [-0.2, -0.15) is 0 Å². The van der Waals surface area contributed by atoms with Gasteiger partial charge in [0.2, 0.25) is 6.20 Å². The van der Waals surface area contributed by atoms with E-state index in [2.05, 4.69) is 4.98 Å². The Kier molecular flexibility index (Phi) is 5.20. The van der Waals surface area contributed by atoms with E-state index in [4.69, 9.17) is 5.21 Å². The minimum atomic E-state index is 0.520. The number of hydrogen-bond donors (Lipinski definition) is 3. The van der Waals surface area contributed by atoms with Gasteiger partial charge in [0.1, 0.15) is 12.2 Å². The van der Waals surface area contributed by atoms with Gasteiger partial charge in [0, 0.05) is 16.9 Å². The fourth-order valence-corrected chi connectivity index (χ4v) is 1.87. The second-order valence-electron chi connectivity index (χ2n) is 4.53. The summed E-state index contributed by atoms with van der Waals surface area (Å²) in [7, 11) is 0. The SMILES string of the molecule is CC(=CC=CC[NH2+]O)c1cccc(-c2cccc[n+]2O)n1. The van der Waals surface area contributed by atoms with E-state index in [1.807, 2.05) is 55.5 Å². The molecule has 0 aliphatic rings. The first-order valence-corrected chi connectivity index (χ1v) is 6.69. The zero-order valence-corrected chi connectivity index (χ0v) is 11.8. The van der Waals surface area contributed by atoms with Crippen LogP contribution in [-0.2, 0) is 0 Å². The van der Waals surface area contributed by atoms with E-state index >= 15 is 0 Å². The van der Waals surface area contributed by atoms with Gasteiger partial charge in [0.15, 0.2) is 0 Å². The monoisotopic (exact) mass is 285 g/mol.